The molecule has 0 aliphatic carbocycles. The summed E-state index contributed by atoms with van der Waals surface area (Å²) in [4.78, 5) is 20.4. The third-order valence-corrected chi connectivity index (χ3v) is 1.58. The van der Waals surface area contributed by atoms with Crippen molar-refractivity contribution in [2.24, 2.45) is 4.99 Å². The van der Waals surface area contributed by atoms with Gasteiger partial charge in [0.25, 0.3) is 0 Å². The number of aliphatic imine (C=N–C) groups is 1. The summed E-state index contributed by atoms with van der Waals surface area (Å²) in [7, 11) is 0. The normalized spacial score (nSPS) is 9.67. The van der Waals surface area contributed by atoms with Gasteiger partial charge in [-0.1, -0.05) is 0 Å². The molecule has 58 valence electrons. The summed E-state index contributed by atoms with van der Waals surface area (Å²) in [6.07, 6.45) is 3.08. The molecule has 0 saturated heterocycles. The number of hydrogen-bond donors (Lipinski definition) is 1. The first-order valence-electron chi connectivity index (χ1n) is 3.41. The van der Waals surface area contributed by atoms with Gasteiger partial charge in [-0.2, -0.15) is 4.99 Å². The third kappa shape index (κ3) is 1.00. The van der Waals surface area contributed by atoms with E-state index in [2.05, 4.69) is 15.0 Å². The Morgan fingerprint density at radius 2 is 2.42 bits per heavy atom. The predicted molar refractivity (Wildman–Crippen MR) is 43.9 cm³/mol. The van der Waals surface area contributed by atoms with Crippen LogP contribution >= 0.6 is 0 Å². The van der Waals surface area contributed by atoms with Gasteiger partial charge in [0.05, 0.1) is 23.0 Å². The molecule has 0 atom stereocenters. The number of nitrogens with zero attached hydrogens (tertiary/aromatic N) is 2. The number of rotatable bonds is 1. The van der Waals surface area contributed by atoms with Gasteiger partial charge in [0.15, 0.2) is 0 Å². The van der Waals surface area contributed by atoms with Crippen LogP contribution in [0.5, 0.6) is 0 Å². The molecule has 1 N–H and O–H groups in total. The molecule has 2 aromatic rings. The van der Waals surface area contributed by atoms with Gasteiger partial charge in [0, 0.05) is 0 Å². The monoisotopic (exact) mass is 159 g/mol. The molecule has 1 heterocycles. The van der Waals surface area contributed by atoms with Gasteiger partial charge in [0.2, 0.25) is 6.08 Å². The number of hydrogen-bond acceptors (Lipinski definition) is 3. The molecule has 0 unspecified atom stereocenters. The summed E-state index contributed by atoms with van der Waals surface area (Å²) in [5.41, 5.74) is 2.31. The van der Waals surface area contributed by atoms with E-state index in [9.17, 15) is 4.79 Å². The fraction of sp³-hybridized carbons (Fsp3) is 0. The van der Waals surface area contributed by atoms with Crippen LogP contribution in [0.1, 0.15) is 0 Å². The van der Waals surface area contributed by atoms with Crippen LogP contribution in [0.4, 0.5) is 5.69 Å². The maximum Gasteiger partial charge on any atom is 0.240 e. The molecule has 0 aliphatic heterocycles. The van der Waals surface area contributed by atoms with Crippen LogP contribution in [0.15, 0.2) is 29.5 Å². The summed E-state index contributed by atoms with van der Waals surface area (Å²) in [6, 6.07) is 5.25. The molecule has 4 heteroatoms. The molecule has 0 saturated carbocycles. The van der Waals surface area contributed by atoms with E-state index >= 15 is 0 Å². The highest BCUT2D eigenvalue weighted by molar-refractivity contribution is 5.78. The van der Waals surface area contributed by atoms with Crippen molar-refractivity contribution in [3.8, 4) is 0 Å². The Morgan fingerprint density at radius 3 is 3.25 bits per heavy atom. The first-order chi connectivity index (χ1) is 5.90. The zero-order valence-corrected chi connectivity index (χ0v) is 6.11. The Labute approximate surface area is 68.0 Å². The van der Waals surface area contributed by atoms with Crippen molar-refractivity contribution < 1.29 is 4.79 Å². The van der Waals surface area contributed by atoms with Crippen molar-refractivity contribution in [1.82, 2.24) is 9.97 Å². The molecule has 0 amide bonds. The molecular formula is C8H5N3O. The minimum absolute atomic E-state index is 0.585. The van der Waals surface area contributed by atoms with Gasteiger partial charge >= 0.3 is 0 Å². The summed E-state index contributed by atoms with van der Waals surface area (Å²) in [5.74, 6) is 0. The number of fused-ring (bicyclic) bond motifs is 1. The summed E-state index contributed by atoms with van der Waals surface area (Å²) in [5, 5.41) is 0. The quantitative estimate of drug-likeness (QED) is 0.506. The second kappa shape index (κ2) is 2.60. The highest BCUT2D eigenvalue weighted by atomic mass is 16.1. The maximum atomic E-state index is 9.93. The average molecular weight is 159 g/mol. The van der Waals surface area contributed by atoms with Crippen molar-refractivity contribution >= 4 is 22.8 Å². The van der Waals surface area contributed by atoms with Crippen LogP contribution in [0.2, 0.25) is 0 Å². The second-order valence-electron chi connectivity index (χ2n) is 2.31. The molecule has 0 fully saturated rings. The Kier molecular flexibility index (Phi) is 1.47. The Morgan fingerprint density at radius 1 is 1.50 bits per heavy atom. The van der Waals surface area contributed by atoms with Crippen molar-refractivity contribution in [3.63, 3.8) is 0 Å². The van der Waals surface area contributed by atoms with Crippen LogP contribution in [-0.2, 0) is 4.79 Å². The van der Waals surface area contributed by atoms with Gasteiger partial charge < -0.3 is 4.98 Å². The fourth-order valence-corrected chi connectivity index (χ4v) is 1.05. The van der Waals surface area contributed by atoms with Gasteiger partial charge in [-0.25, -0.2) is 9.78 Å². The molecule has 1 aromatic heterocycles. The van der Waals surface area contributed by atoms with Gasteiger partial charge in [-0.05, 0) is 18.2 Å². The van der Waals surface area contributed by atoms with Crippen molar-refractivity contribution in [2.45, 2.75) is 0 Å². The minimum atomic E-state index is 0.585. The van der Waals surface area contributed by atoms with Crippen molar-refractivity contribution in [3.05, 3.63) is 24.5 Å². The standard InChI is InChI=1S/C8H5N3O/c12-5-11-6-1-2-7-8(3-6)10-4-9-7/h1-4H,(H,9,10). The number of nitrogens with one attached hydrogen (secondary N) is 1. The molecule has 0 bridgehead atoms. The SMILES string of the molecule is O=C=Nc1ccc2nc[nH]c2c1. The van der Waals surface area contributed by atoms with E-state index < -0.39 is 0 Å². The number of imidazole rings is 1. The van der Waals surface area contributed by atoms with Crippen LogP contribution in [0, 0.1) is 0 Å². The van der Waals surface area contributed by atoms with E-state index in [1.54, 1.807) is 24.5 Å². The second-order valence-corrected chi connectivity index (χ2v) is 2.31. The number of benzene rings is 1. The lowest BCUT2D eigenvalue weighted by atomic mass is 10.3. The molecule has 4 nitrogen and oxygen atoms in total. The lowest BCUT2D eigenvalue weighted by Crippen LogP contribution is -1.68. The van der Waals surface area contributed by atoms with E-state index in [0.717, 1.165) is 11.0 Å². The molecule has 0 spiro atoms. The van der Waals surface area contributed by atoms with Gasteiger partial charge in [-0.15, -0.1) is 0 Å². The zero-order chi connectivity index (χ0) is 8.39. The fourth-order valence-electron chi connectivity index (χ4n) is 1.05. The first kappa shape index (κ1) is 6.76. The lowest BCUT2D eigenvalue weighted by Gasteiger charge is -1.88. The Bertz CT molecular complexity index is 454. The molecular weight excluding hydrogens is 154 g/mol. The third-order valence-electron chi connectivity index (χ3n) is 1.58. The highest BCUT2D eigenvalue weighted by Crippen LogP contribution is 2.17. The molecule has 12 heavy (non-hydrogen) atoms. The summed E-state index contributed by atoms with van der Waals surface area (Å²) < 4.78 is 0. The van der Waals surface area contributed by atoms with E-state index in [1.807, 2.05) is 0 Å². The number of aromatic nitrogens is 2. The van der Waals surface area contributed by atoms with Crippen molar-refractivity contribution in [1.29, 1.82) is 0 Å². The Hall–Kier alpha value is -1.93. The summed E-state index contributed by atoms with van der Waals surface area (Å²) >= 11 is 0. The van der Waals surface area contributed by atoms with Gasteiger partial charge in [-0.3, -0.25) is 0 Å². The highest BCUT2D eigenvalue weighted by Gasteiger charge is 1.95. The number of H-pyrrole nitrogens is 1. The molecule has 2 rings (SSSR count). The maximum absolute atomic E-state index is 9.93. The predicted octanol–water partition coefficient (Wildman–Crippen LogP) is 1.53. The number of carbonyl (C=O) groups excluding carboxylic acids is 1. The van der Waals surface area contributed by atoms with E-state index in [0.29, 0.717) is 5.69 Å². The van der Waals surface area contributed by atoms with Crippen molar-refractivity contribution in [2.75, 3.05) is 0 Å². The zero-order valence-electron chi connectivity index (χ0n) is 6.11. The largest absolute Gasteiger partial charge is 0.345 e. The molecule has 0 aliphatic rings. The van der Waals surface area contributed by atoms with E-state index in [-0.39, 0.29) is 0 Å². The van der Waals surface area contributed by atoms with Crippen LogP contribution in [0.25, 0.3) is 11.0 Å². The van der Waals surface area contributed by atoms with Crippen LogP contribution in [-0.4, -0.2) is 16.0 Å². The topological polar surface area (TPSA) is 58.1 Å². The lowest BCUT2D eigenvalue weighted by molar-refractivity contribution is 0.565. The minimum Gasteiger partial charge on any atom is -0.345 e. The number of isocyanates is 1. The van der Waals surface area contributed by atoms with Gasteiger partial charge in [0.1, 0.15) is 0 Å². The smallest absolute Gasteiger partial charge is 0.240 e. The van der Waals surface area contributed by atoms with Crippen LogP contribution < -0.4 is 0 Å². The summed E-state index contributed by atoms with van der Waals surface area (Å²) in [6.45, 7) is 0. The molecule has 1 aromatic carbocycles. The van der Waals surface area contributed by atoms with E-state index in [1.165, 1.54) is 6.08 Å². The molecule has 0 radical (unpaired) electrons. The Balaban J connectivity index is 2.67. The number of aromatic amines is 1. The average Bonchev–Trinajstić information content (AvgIpc) is 2.51. The van der Waals surface area contributed by atoms with E-state index in [4.69, 9.17) is 0 Å². The first-order valence-corrected chi connectivity index (χ1v) is 3.41. The van der Waals surface area contributed by atoms with Crippen LogP contribution in [0.3, 0.4) is 0 Å².